The first kappa shape index (κ1) is 22.2. The first-order valence-corrected chi connectivity index (χ1v) is 8.65. The number of nitrogens with one attached hydrogen (secondary N) is 2. The Hall–Kier alpha value is -3.07. The van der Waals surface area contributed by atoms with Crippen LogP contribution in [-0.4, -0.2) is 36.2 Å². The van der Waals surface area contributed by atoms with E-state index < -0.39 is 28.6 Å². The average Bonchev–Trinajstić information content (AvgIpc) is 2.61. The molecule has 0 unspecified atom stereocenters. The predicted octanol–water partition coefficient (Wildman–Crippen LogP) is 4.03. The molecule has 0 heterocycles. The number of alkyl halides is 3. The van der Waals surface area contributed by atoms with Crippen molar-refractivity contribution in [3.63, 3.8) is 0 Å². The first-order valence-electron chi connectivity index (χ1n) is 8.27. The first-order chi connectivity index (χ1) is 13.5. The molecule has 0 fully saturated rings. The second-order valence-electron chi connectivity index (χ2n) is 6.16. The fourth-order valence-electron chi connectivity index (χ4n) is 2.43. The van der Waals surface area contributed by atoms with Crippen molar-refractivity contribution in [3.8, 4) is 0 Å². The van der Waals surface area contributed by atoms with Crippen LogP contribution in [0.2, 0.25) is 5.02 Å². The van der Waals surface area contributed by atoms with Crippen LogP contribution in [0.15, 0.2) is 42.5 Å². The van der Waals surface area contributed by atoms with Gasteiger partial charge >= 0.3 is 6.18 Å². The maximum absolute atomic E-state index is 12.9. The van der Waals surface area contributed by atoms with Crippen molar-refractivity contribution in [3.05, 3.63) is 58.6 Å². The maximum Gasteiger partial charge on any atom is 0.417 e. The van der Waals surface area contributed by atoms with Crippen molar-refractivity contribution in [2.24, 2.45) is 0 Å². The highest BCUT2D eigenvalue weighted by molar-refractivity contribution is 6.31. The van der Waals surface area contributed by atoms with Gasteiger partial charge in [-0.15, -0.1) is 0 Å². The molecule has 10 heteroatoms. The molecule has 0 bridgehead atoms. The van der Waals surface area contributed by atoms with Crippen LogP contribution in [0.1, 0.15) is 22.8 Å². The van der Waals surface area contributed by atoms with Gasteiger partial charge in [-0.1, -0.05) is 11.6 Å². The quantitative estimate of drug-likeness (QED) is 0.756. The number of benzene rings is 2. The Kier molecular flexibility index (Phi) is 6.86. The topological polar surface area (TPSA) is 78.5 Å². The molecule has 2 aromatic carbocycles. The van der Waals surface area contributed by atoms with E-state index in [1.807, 2.05) is 0 Å². The van der Waals surface area contributed by atoms with Gasteiger partial charge in [0.05, 0.1) is 17.1 Å². The van der Waals surface area contributed by atoms with Crippen LogP contribution < -0.4 is 10.6 Å². The molecule has 2 rings (SSSR count). The summed E-state index contributed by atoms with van der Waals surface area (Å²) < 4.78 is 38.7. The van der Waals surface area contributed by atoms with E-state index in [2.05, 4.69) is 10.6 Å². The van der Waals surface area contributed by atoms with Crippen LogP contribution in [-0.2, 0) is 15.8 Å². The third-order valence-electron chi connectivity index (χ3n) is 3.74. The van der Waals surface area contributed by atoms with Crippen molar-refractivity contribution in [1.29, 1.82) is 0 Å². The van der Waals surface area contributed by atoms with E-state index in [1.165, 1.54) is 44.3 Å². The summed E-state index contributed by atoms with van der Waals surface area (Å²) in [5, 5.41) is 4.39. The SMILES string of the molecule is CC(=O)Nc1ccc(C(=O)N(C)CC(=O)Nc2ccc(Cl)c(C(F)(F)F)c2)cc1. The van der Waals surface area contributed by atoms with Crippen molar-refractivity contribution in [2.75, 3.05) is 24.2 Å². The Morgan fingerprint density at radius 3 is 2.14 bits per heavy atom. The summed E-state index contributed by atoms with van der Waals surface area (Å²) in [6, 6.07) is 9.03. The minimum atomic E-state index is -4.66. The summed E-state index contributed by atoms with van der Waals surface area (Å²) in [6.07, 6.45) is -4.66. The van der Waals surface area contributed by atoms with E-state index in [0.29, 0.717) is 5.69 Å². The lowest BCUT2D eigenvalue weighted by Gasteiger charge is -2.18. The molecule has 0 aliphatic carbocycles. The minimum absolute atomic E-state index is 0.0905. The van der Waals surface area contributed by atoms with E-state index in [4.69, 9.17) is 11.6 Å². The van der Waals surface area contributed by atoms with E-state index in [-0.39, 0.29) is 23.7 Å². The van der Waals surface area contributed by atoms with Crippen molar-refractivity contribution in [1.82, 2.24) is 4.90 Å². The Bertz CT molecular complexity index is 931. The normalized spacial score (nSPS) is 11.0. The Morgan fingerprint density at radius 2 is 1.59 bits per heavy atom. The number of amides is 3. The van der Waals surface area contributed by atoms with Gasteiger partial charge in [0.2, 0.25) is 11.8 Å². The molecule has 154 valence electrons. The number of rotatable bonds is 5. The smallest absolute Gasteiger partial charge is 0.332 e. The third-order valence-corrected chi connectivity index (χ3v) is 4.06. The molecule has 0 aliphatic rings. The van der Waals surface area contributed by atoms with Crippen LogP contribution in [0.25, 0.3) is 0 Å². The summed E-state index contributed by atoms with van der Waals surface area (Å²) in [6.45, 7) is 0.972. The van der Waals surface area contributed by atoms with Gasteiger partial charge < -0.3 is 15.5 Å². The number of anilines is 2. The van der Waals surface area contributed by atoms with Crippen LogP contribution in [0.3, 0.4) is 0 Å². The number of nitrogens with zero attached hydrogens (tertiary/aromatic N) is 1. The van der Waals surface area contributed by atoms with Crippen molar-refractivity contribution < 1.29 is 27.6 Å². The monoisotopic (exact) mass is 427 g/mol. The number of carbonyl (C=O) groups is 3. The predicted molar refractivity (Wildman–Crippen MR) is 103 cm³/mol. The number of likely N-dealkylation sites (N-methyl/N-ethyl adjacent to an activating group) is 1. The van der Waals surface area contributed by atoms with Gasteiger partial charge in [-0.25, -0.2) is 0 Å². The standard InChI is InChI=1S/C19H17ClF3N3O3/c1-11(27)24-13-5-3-12(4-6-13)18(29)26(2)10-17(28)25-14-7-8-16(20)15(9-14)19(21,22)23/h3-9H,10H2,1-2H3,(H,24,27)(H,25,28). The average molecular weight is 428 g/mol. The summed E-state index contributed by atoms with van der Waals surface area (Å²) in [5.74, 6) is -1.40. The lowest BCUT2D eigenvalue weighted by atomic mass is 10.1. The van der Waals surface area contributed by atoms with Gasteiger partial charge in [-0.05, 0) is 42.5 Å². The fourth-order valence-corrected chi connectivity index (χ4v) is 2.65. The lowest BCUT2D eigenvalue weighted by Crippen LogP contribution is -2.35. The van der Waals surface area contributed by atoms with Crippen LogP contribution in [0.4, 0.5) is 24.5 Å². The molecule has 29 heavy (non-hydrogen) atoms. The van der Waals surface area contributed by atoms with Crippen molar-refractivity contribution >= 4 is 40.7 Å². The van der Waals surface area contributed by atoms with Crippen LogP contribution in [0.5, 0.6) is 0 Å². The number of hydrogen-bond donors (Lipinski definition) is 2. The van der Waals surface area contributed by atoms with Gasteiger partial charge in [0.1, 0.15) is 0 Å². The zero-order valence-electron chi connectivity index (χ0n) is 15.4. The van der Waals surface area contributed by atoms with Crippen LogP contribution >= 0.6 is 11.6 Å². The fraction of sp³-hybridized carbons (Fsp3) is 0.211. The van der Waals surface area contributed by atoms with Gasteiger partial charge in [0.25, 0.3) is 5.91 Å². The summed E-state index contributed by atoms with van der Waals surface area (Å²) in [7, 11) is 1.38. The number of halogens is 4. The molecule has 0 saturated heterocycles. The molecule has 0 radical (unpaired) electrons. The Morgan fingerprint density at radius 1 is 1.00 bits per heavy atom. The van der Waals surface area contributed by atoms with Gasteiger partial charge in [0, 0.05) is 30.9 Å². The molecule has 6 nitrogen and oxygen atoms in total. The van der Waals surface area contributed by atoms with Gasteiger partial charge in [-0.3, -0.25) is 14.4 Å². The molecule has 0 atom stereocenters. The number of hydrogen-bond acceptors (Lipinski definition) is 3. The second-order valence-corrected chi connectivity index (χ2v) is 6.57. The van der Waals surface area contributed by atoms with Gasteiger partial charge in [-0.2, -0.15) is 13.2 Å². The zero-order valence-corrected chi connectivity index (χ0v) is 16.2. The molecule has 0 aliphatic heterocycles. The molecular formula is C19H17ClF3N3O3. The van der Waals surface area contributed by atoms with Gasteiger partial charge in [0.15, 0.2) is 0 Å². The molecule has 0 aromatic heterocycles. The molecular weight excluding hydrogens is 411 g/mol. The molecule has 0 saturated carbocycles. The summed E-state index contributed by atoms with van der Waals surface area (Å²) in [4.78, 5) is 36.6. The largest absolute Gasteiger partial charge is 0.417 e. The van der Waals surface area contributed by atoms with Crippen LogP contribution in [0, 0.1) is 0 Å². The highest BCUT2D eigenvalue weighted by atomic mass is 35.5. The van der Waals surface area contributed by atoms with E-state index in [1.54, 1.807) is 0 Å². The van der Waals surface area contributed by atoms with E-state index >= 15 is 0 Å². The highest BCUT2D eigenvalue weighted by Gasteiger charge is 2.33. The molecule has 3 amide bonds. The minimum Gasteiger partial charge on any atom is -0.332 e. The Labute approximate surface area is 169 Å². The molecule has 0 spiro atoms. The highest BCUT2D eigenvalue weighted by Crippen LogP contribution is 2.36. The molecule has 2 N–H and O–H groups in total. The van der Waals surface area contributed by atoms with Crippen molar-refractivity contribution in [2.45, 2.75) is 13.1 Å². The zero-order chi connectivity index (χ0) is 21.8. The summed E-state index contributed by atoms with van der Waals surface area (Å²) >= 11 is 5.54. The molecule has 2 aromatic rings. The maximum atomic E-state index is 12.9. The summed E-state index contributed by atoms with van der Waals surface area (Å²) in [5.41, 5.74) is -0.370. The van der Waals surface area contributed by atoms with E-state index in [9.17, 15) is 27.6 Å². The van der Waals surface area contributed by atoms with E-state index in [0.717, 1.165) is 17.0 Å². The lowest BCUT2D eigenvalue weighted by molar-refractivity contribution is -0.137. The third kappa shape index (κ3) is 6.21. The second kappa shape index (κ2) is 8.95. The number of carbonyl (C=O) groups excluding carboxylic acids is 3. The Balaban J connectivity index is 2.01.